The highest BCUT2D eigenvalue weighted by Crippen LogP contribution is 2.19. The maximum Gasteiger partial charge on any atom is 0.192 e. The van der Waals surface area contributed by atoms with Gasteiger partial charge in [0.25, 0.3) is 0 Å². The second-order valence-electron chi connectivity index (χ2n) is 2.97. The molecule has 0 saturated carbocycles. The number of nitrogens with zero attached hydrogens (tertiary/aromatic N) is 1. The van der Waals surface area contributed by atoms with Gasteiger partial charge >= 0.3 is 0 Å². The number of hydrogen-bond acceptors (Lipinski definition) is 3. The van der Waals surface area contributed by atoms with Gasteiger partial charge in [-0.2, -0.15) is 0 Å². The maximum atomic E-state index is 6.10. The third kappa shape index (κ3) is 5.58. The lowest BCUT2D eigenvalue weighted by Crippen LogP contribution is -2.33. The predicted octanol–water partition coefficient (Wildman–Crippen LogP) is 2.67. The summed E-state index contributed by atoms with van der Waals surface area (Å²) in [7, 11) is 4.75. The number of hydrogen-bond donors (Lipinski definition) is 1. The summed E-state index contributed by atoms with van der Waals surface area (Å²) in [5.41, 5.74) is 0. The van der Waals surface area contributed by atoms with Gasteiger partial charge in [0.05, 0.1) is 12.1 Å². The van der Waals surface area contributed by atoms with E-state index >= 15 is 0 Å². The van der Waals surface area contributed by atoms with Gasteiger partial charge in [-0.1, -0.05) is 18.5 Å². The largest absolute Gasteiger partial charge is 0.500 e. The Morgan fingerprint density at radius 1 is 1.38 bits per heavy atom. The van der Waals surface area contributed by atoms with E-state index in [4.69, 9.17) is 32.7 Å². The summed E-state index contributed by atoms with van der Waals surface area (Å²) in [6.45, 7) is 1.97. The standard InChI is InChI=1S/C10H18Cl2N2O2/c1-5-8(15-3)7(11)6-9(16-4)14-10(12)13-2/h9H,5-6H2,1-4H3,(H,13,14)/b8-7-. The first-order chi connectivity index (χ1) is 7.58. The number of rotatable bonds is 6. The molecule has 4 nitrogen and oxygen atoms in total. The lowest BCUT2D eigenvalue weighted by atomic mass is 10.2. The first-order valence-electron chi connectivity index (χ1n) is 4.92. The predicted molar refractivity (Wildman–Crippen MR) is 67.9 cm³/mol. The van der Waals surface area contributed by atoms with Gasteiger partial charge in [-0.3, -0.25) is 4.99 Å². The molecular weight excluding hydrogens is 251 g/mol. The van der Waals surface area contributed by atoms with Crippen LogP contribution < -0.4 is 5.32 Å². The van der Waals surface area contributed by atoms with Gasteiger partial charge in [0.15, 0.2) is 5.29 Å². The van der Waals surface area contributed by atoms with Crippen molar-refractivity contribution in [2.75, 3.05) is 21.3 Å². The SMILES string of the molecule is CC/C(OC)=C(/Cl)CC(NC(Cl)=NC)OC. The highest BCUT2D eigenvalue weighted by atomic mass is 35.5. The molecule has 0 aromatic rings. The fraction of sp³-hybridized carbons (Fsp3) is 0.700. The number of allylic oxidation sites excluding steroid dienone is 1. The van der Waals surface area contributed by atoms with E-state index in [0.717, 1.165) is 12.2 Å². The van der Waals surface area contributed by atoms with Crippen molar-refractivity contribution in [2.24, 2.45) is 4.99 Å². The Morgan fingerprint density at radius 2 is 2.00 bits per heavy atom. The van der Waals surface area contributed by atoms with Crippen molar-refractivity contribution in [1.29, 1.82) is 0 Å². The van der Waals surface area contributed by atoms with E-state index in [2.05, 4.69) is 10.3 Å². The van der Waals surface area contributed by atoms with Crippen LogP contribution in [-0.4, -0.2) is 32.8 Å². The minimum absolute atomic E-state index is 0.284. The minimum Gasteiger partial charge on any atom is -0.500 e. The van der Waals surface area contributed by atoms with Gasteiger partial charge in [0.2, 0.25) is 0 Å². The molecule has 0 heterocycles. The lowest BCUT2D eigenvalue weighted by molar-refractivity contribution is 0.0918. The molecule has 0 aliphatic heterocycles. The van der Waals surface area contributed by atoms with Gasteiger partial charge in [0, 0.05) is 27.0 Å². The highest BCUT2D eigenvalue weighted by Gasteiger charge is 2.13. The van der Waals surface area contributed by atoms with E-state index in [1.165, 1.54) is 0 Å². The normalized spacial score (nSPS) is 15.5. The zero-order chi connectivity index (χ0) is 12.6. The van der Waals surface area contributed by atoms with Crippen LogP contribution in [0, 0.1) is 0 Å². The Labute approximate surface area is 107 Å². The van der Waals surface area contributed by atoms with Crippen LogP contribution in [-0.2, 0) is 9.47 Å². The number of methoxy groups -OCH3 is 2. The first kappa shape index (κ1) is 15.6. The highest BCUT2D eigenvalue weighted by molar-refractivity contribution is 6.64. The van der Waals surface area contributed by atoms with Crippen LogP contribution in [0.2, 0.25) is 0 Å². The van der Waals surface area contributed by atoms with Crippen LogP contribution in [0.5, 0.6) is 0 Å². The van der Waals surface area contributed by atoms with Crippen molar-refractivity contribution in [2.45, 2.75) is 26.0 Å². The monoisotopic (exact) mass is 268 g/mol. The Hall–Kier alpha value is -0.450. The number of halogens is 2. The van der Waals surface area contributed by atoms with Crippen molar-refractivity contribution in [3.05, 3.63) is 10.8 Å². The summed E-state index contributed by atoms with van der Waals surface area (Å²) >= 11 is 11.8. The van der Waals surface area contributed by atoms with Gasteiger partial charge in [-0.25, -0.2) is 0 Å². The molecule has 0 rings (SSSR count). The Morgan fingerprint density at radius 3 is 2.38 bits per heavy atom. The van der Waals surface area contributed by atoms with Gasteiger partial charge in [0.1, 0.15) is 12.0 Å². The second kappa shape index (κ2) is 8.67. The maximum absolute atomic E-state index is 6.10. The summed E-state index contributed by atoms with van der Waals surface area (Å²) < 4.78 is 10.3. The molecule has 0 aromatic heterocycles. The summed E-state index contributed by atoms with van der Waals surface area (Å²) in [6.07, 6.45) is 0.891. The molecule has 6 heteroatoms. The quantitative estimate of drug-likeness (QED) is 0.265. The number of nitrogens with one attached hydrogen (secondary N) is 1. The second-order valence-corrected chi connectivity index (χ2v) is 3.79. The molecule has 0 aromatic carbocycles. The van der Waals surface area contributed by atoms with Gasteiger partial charge in [-0.15, -0.1) is 0 Å². The Kier molecular flexibility index (Phi) is 8.43. The third-order valence-corrected chi connectivity index (χ3v) is 2.64. The third-order valence-electron chi connectivity index (χ3n) is 2.00. The first-order valence-corrected chi connectivity index (χ1v) is 5.67. The van der Waals surface area contributed by atoms with Crippen molar-refractivity contribution >= 4 is 28.5 Å². The molecule has 1 atom stereocenters. The van der Waals surface area contributed by atoms with Crippen molar-refractivity contribution in [3.8, 4) is 0 Å². The van der Waals surface area contributed by atoms with Gasteiger partial charge < -0.3 is 14.8 Å². The van der Waals surface area contributed by atoms with Crippen molar-refractivity contribution in [3.63, 3.8) is 0 Å². The van der Waals surface area contributed by atoms with E-state index in [1.54, 1.807) is 21.3 Å². The molecule has 0 bridgehead atoms. The van der Waals surface area contributed by atoms with Crippen LogP contribution >= 0.6 is 23.2 Å². The van der Waals surface area contributed by atoms with E-state index < -0.39 is 0 Å². The number of aliphatic imine (C=N–C) groups is 1. The summed E-state index contributed by atoms with van der Waals surface area (Å²) in [4.78, 5) is 3.77. The molecule has 0 radical (unpaired) electrons. The lowest BCUT2D eigenvalue weighted by Gasteiger charge is -2.17. The van der Waals surface area contributed by atoms with Gasteiger partial charge in [-0.05, 0) is 11.6 Å². The Balaban J connectivity index is 4.48. The minimum atomic E-state index is -0.319. The van der Waals surface area contributed by atoms with Crippen molar-refractivity contribution in [1.82, 2.24) is 5.32 Å². The topological polar surface area (TPSA) is 42.8 Å². The molecule has 0 aliphatic rings. The fourth-order valence-corrected chi connectivity index (χ4v) is 1.59. The molecule has 0 spiro atoms. The average molecular weight is 269 g/mol. The molecule has 1 unspecified atom stereocenters. The Bertz CT molecular complexity index is 262. The van der Waals surface area contributed by atoms with E-state index in [1.807, 2.05) is 6.92 Å². The molecule has 0 amide bonds. The van der Waals surface area contributed by atoms with Crippen LogP contribution in [0.15, 0.2) is 15.8 Å². The molecule has 94 valence electrons. The summed E-state index contributed by atoms with van der Waals surface area (Å²) in [5, 5.41) is 3.77. The van der Waals surface area contributed by atoms with Crippen LogP contribution in [0.1, 0.15) is 19.8 Å². The molecule has 1 N–H and O–H groups in total. The fourth-order valence-electron chi connectivity index (χ4n) is 1.11. The molecular formula is C10H18Cl2N2O2. The summed E-state index contributed by atoms with van der Waals surface area (Å²) in [6, 6.07) is 0. The van der Waals surface area contributed by atoms with E-state index in [-0.39, 0.29) is 11.5 Å². The summed E-state index contributed by atoms with van der Waals surface area (Å²) in [5.74, 6) is 0.745. The number of ether oxygens (including phenoxy) is 2. The molecule has 0 fully saturated rings. The molecule has 0 saturated heterocycles. The smallest absolute Gasteiger partial charge is 0.192 e. The zero-order valence-corrected chi connectivity index (χ0v) is 11.5. The van der Waals surface area contributed by atoms with E-state index in [0.29, 0.717) is 11.5 Å². The van der Waals surface area contributed by atoms with Crippen LogP contribution in [0.4, 0.5) is 0 Å². The van der Waals surface area contributed by atoms with E-state index in [9.17, 15) is 0 Å². The van der Waals surface area contributed by atoms with Crippen LogP contribution in [0.25, 0.3) is 0 Å². The average Bonchev–Trinajstić information content (AvgIpc) is 2.29. The zero-order valence-electron chi connectivity index (χ0n) is 10.0. The van der Waals surface area contributed by atoms with Crippen molar-refractivity contribution < 1.29 is 9.47 Å². The molecule has 16 heavy (non-hydrogen) atoms. The molecule has 0 aliphatic carbocycles. The number of amidine groups is 1. The van der Waals surface area contributed by atoms with Crippen LogP contribution in [0.3, 0.4) is 0 Å².